The SMILES string of the molecule is Br.CN(C)CCOC(=O)C(O)N=C(c1ccc(Cl)cc1)c1ccc(Cl)cc1. The molecule has 2 rings (SSSR count). The van der Waals surface area contributed by atoms with Crippen LogP contribution in [-0.4, -0.2) is 55.2 Å². The number of halogens is 3. The first-order valence-corrected chi connectivity index (χ1v) is 8.71. The highest BCUT2D eigenvalue weighted by Crippen LogP contribution is 2.18. The van der Waals surface area contributed by atoms with Crippen LogP contribution in [-0.2, 0) is 9.53 Å². The highest BCUT2D eigenvalue weighted by molar-refractivity contribution is 8.93. The van der Waals surface area contributed by atoms with E-state index in [-0.39, 0.29) is 23.6 Å². The summed E-state index contributed by atoms with van der Waals surface area (Å²) >= 11 is 11.9. The Morgan fingerprint density at radius 2 is 1.48 bits per heavy atom. The molecule has 0 saturated carbocycles. The molecule has 1 unspecified atom stereocenters. The van der Waals surface area contributed by atoms with E-state index in [0.29, 0.717) is 33.4 Å². The van der Waals surface area contributed by atoms with Crippen molar-refractivity contribution < 1.29 is 14.6 Å². The maximum atomic E-state index is 12.0. The number of ether oxygens (including phenoxy) is 1. The first-order valence-electron chi connectivity index (χ1n) is 7.96. The van der Waals surface area contributed by atoms with Crippen LogP contribution in [0.5, 0.6) is 0 Å². The third-order valence-corrected chi connectivity index (χ3v) is 3.98. The van der Waals surface area contributed by atoms with Crippen LogP contribution in [0.15, 0.2) is 53.5 Å². The molecule has 2 aromatic rings. The van der Waals surface area contributed by atoms with Crippen LogP contribution in [0.25, 0.3) is 0 Å². The van der Waals surface area contributed by atoms with Crippen molar-refractivity contribution in [1.29, 1.82) is 0 Å². The van der Waals surface area contributed by atoms with Crippen molar-refractivity contribution in [1.82, 2.24) is 4.90 Å². The number of hydrogen-bond donors (Lipinski definition) is 1. The fourth-order valence-electron chi connectivity index (χ4n) is 2.11. The minimum Gasteiger partial charge on any atom is -0.461 e. The molecule has 2 aromatic carbocycles. The lowest BCUT2D eigenvalue weighted by molar-refractivity contribution is -0.153. The summed E-state index contributed by atoms with van der Waals surface area (Å²) in [6.07, 6.45) is -1.63. The largest absolute Gasteiger partial charge is 0.461 e. The van der Waals surface area contributed by atoms with Crippen molar-refractivity contribution in [2.75, 3.05) is 27.2 Å². The van der Waals surface area contributed by atoms with Gasteiger partial charge in [0, 0.05) is 27.7 Å². The van der Waals surface area contributed by atoms with Gasteiger partial charge in [-0.1, -0.05) is 47.5 Å². The molecule has 0 aromatic heterocycles. The van der Waals surface area contributed by atoms with Gasteiger partial charge in [-0.3, -0.25) is 0 Å². The van der Waals surface area contributed by atoms with Gasteiger partial charge in [0.05, 0.1) is 5.71 Å². The summed E-state index contributed by atoms with van der Waals surface area (Å²) in [6, 6.07) is 13.9. The third-order valence-electron chi connectivity index (χ3n) is 3.48. The summed E-state index contributed by atoms with van der Waals surface area (Å²) in [6.45, 7) is 0.735. The highest BCUT2D eigenvalue weighted by atomic mass is 79.9. The molecule has 0 heterocycles. The number of aliphatic imine (C=N–C) groups is 1. The van der Waals surface area contributed by atoms with E-state index in [1.165, 1.54) is 0 Å². The van der Waals surface area contributed by atoms with Gasteiger partial charge in [0.25, 0.3) is 0 Å². The fraction of sp³-hybridized carbons (Fsp3) is 0.263. The predicted molar refractivity (Wildman–Crippen MR) is 114 cm³/mol. The highest BCUT2D eigenvalue weighted by Gasteiger charge is 2.18. The van der Waals surface area contributed by atoms with E-state index < -0.39 is 12.2 Å². The Balaban J connectivity index is 0.00000364. The maximum Gasteiger partial charge on any atom is 0.358 e. The molecule has 27 heavy (non-hydrogen) atoms. The lowest BCUT2D eigenvalue weighted by atomic mass is 10.0. The number of likely N-dealkylation sites (N-methyl/N-ethyl adjacent to an activating group) is 1. The molecule has 0 spiro atoms. The van der Waals surface area contributed by atoms with Crippen molar-refractivity contribution in [2.24, 2.45) is 4.99 Å². The molecule has 0 aliphatic carbocycles. The van der Waals surface area contributed by atoms with E-state index in [4.69, 9.17) is 27.9 Å². The van der Waals surface area contributed by atoms with Gasteiger partial charge >= 0.3 is 5.97 Å². The van der Waals surface area contributed by atoms with Crippen LogP contribution in [0.4, 0.5) is 0 Å². The number of aliphatic hydroxyl groups excluding tert-OH is 1. The van der Waals surface area contributed by atoms with Crippen molar-refractivity contribution in [3.63, 3.8) is 0 Å². The number of carbonyl (C=O) groups is 1. The predicted octanol–water partition coefficient (Wildman–Crippen LogP) is 3.83. The lowest BCUT2D eigenvalue weighted by Gasteiger charge is -2.13. The van der Waals surface area contributed by atoms with E-state index in [2.05, 4.69) is 4.99 Å². The molecule has 0 bridgehead atoms. The Labute approximate surface area is 179 Å². The van der Waals surface area contributed by atoms with E-state index in [0.717, 1.165) is 0 Å². The Bertz CT molecular complexity index is 718. The number of aliphatic hydroxyl groups is 1. The van der Waals surface area contributed by atoms with Crippen LogP contribution < -0.4 is 0 Å². The van der Waals surface area contributed by atoms with Gasteiger partial charge in [-0.2, -0.15) is 0 Å². The zero-order valence-electron chi connectivity index (χ0n) is 14.9. The minimum atomic E-state index is -1.63. The van der Waals surface area contributed by atoms with Gasteiger partial charge in [-0.25, -0.2) is 9.79 Å². The molecule has 8 heteroatoms. The molecular weight excluding hydrogens is 455 g/mol. The normalized spacial score (nSPS) is 11.5. The van der Waals surface area contributed by atoms with Gasteiger partial charge in [0.2, 0.25) is 6.23 Å². The number of hydrogen-bond acceptors (Lipinski definition) is 5. The molecule has 146 valence electrons. The summed E-state index contributed by atoms with van der Waals surface area (Å²) in [4.78, 5) is 18.0. The summed E-state index contributed by atoms with van der Waals surface area (Å²) in [5.41, 5.74) is 1.85. The second kappa shape index (κ2) is 11.4. The molecule has 0 amide bonds. The molecule has 1 atom stereocenters. The minimum absolute atomic E-state index is 0. The topological polar surface area (TPSA) is 62.1 Å². The van der Waals surface area contributed by atoms with E-state index in [1.807, 2.05) is 19.0 Å². The summed E-state index contributed by atoms with van der Waals surface area (Å²) < 4.78 is 5.05. The van der Waals surface area contributed by atoms with Crippen LogP contribution in [0.3, 0.4) is 0 Å². The summed E-state index contributed by atoms with van der Waals surface area (Å²) in [5, 5.41) is 11.3. The molecular formula is C19H21BrCl2N2O3. The summed E-state index contributed by atoms with van der Waals surface area (Å²) in [7, 11) is 3.73. The van der Waals surface area contributed by atoms with Crippen LogP contribution in [0, 0.1) is 0 Å². The molecule has 0 radical (unpaired) electrons. The standard InChI is InChI=1S/C19H20Cl2N2O3.BrH/c1-23(2)11-12-26-19(25)18(24)22-17(13-3-7-15(20)8-4-13)14-5-9-16(21)10-6-14;/h3-10,18,24H,11-12H2,1-2H3;1H. The molecule has 0 aliphatic rings. The van der Waals surface area contributed by atoms with Crippen molar-refractivity contribution >= 4 is 51.9 Å². The number of benzene rings is 2. The van der Waals surface area contributed by atoms with Gasteiger partial charge in [0.1, 0.15) is 6.61 Å². The van der Waals surface area contributed by atoms with E-state index >= 15 is 0 Å². The second-order valence-corrected chi connectivity index (χ2v) is 6.71. The lowest BCUT2D eigenvalue weighted by Crippen LogP contribution is -2.27. The van der Waals surface area contributed by atoms with Crippen molar-refractivity contribution in [3.8, 4) is 0 Å². The average molecular weight is 476 g/mol. The number of nitrogens with zero attached hydrogens (tertiary/aromatic N) is 2. The van der Waals surface area contributed by atoms with Crippen LogP contribution in [0.1, 0.15) is 11.1 Å². The Hall–Kier alpha value is -1.44. The number of carbonyl (C=O) groups excluding carboxylic acids is 1. The Morgan fingerprint density at radius 3 is 1.89 bits per heavy atom. The monoisotopic (exact) mass is 474 g/mol. The van der Waals surface area contributed by atoms with E-state index in [9.17, 15) is 9.90 Å². The molecule has 1 N–H and O–H groups in total. The van der Waals surface area contributed by atoms with Crippen LogP contribution in [0.2, 0.25) is 10.0 Å². The van der Waals surface area contributed by atoms with Crippen LogP contribution >= 0.6 is 40.2 Å². The maximum absolute atomic E-state index is 12.0. The molecule has 0 saturated heterocycles. The summed E-state index contributed by atoms with van der Waals surface area (Å²) in [5.74, 6) is -0.799. The van der Waals surface area contributed by atoms with Gasteiger partial charge < -0.3 is 14.7 Å². The third kappa shape index (κ3) is 7.60. The first-order chi connectivity index (χ1) is 12.4. The van der Waals surface area contributed by atoms with Crippen molar-refractivity contribution in [2.45, 2.75) is 6.23 Å². The molecule has 0 aliphatic heterocycles. The first kappa shape index (κ1) is 23.6. The Morgan fingerprint density at radius 1 is 1.04 bits per heavy atom. The second-order valence-electron chi connectivity index (χ2n) is 5.84. The van der Waals surface area contributed by atoms with Gasteiger partial charge in [-0.05, 0) is 38.4 Å². The van der Waals surface area contributed by atoms with E-state index in [1.54, 1.807) is 48.5 Å². The molecule has 0 fully saturated rings. The number of esters is 1. The number of rotatable bonds is 7. The average Bonchev–Trinajstić information content (AvgIpc) is 2.61. The fourth-order valence-corrected chi connectivity index (χ4v) is 2.36. The van der Waals surface area contributed by atoms with Gasteiger partial charge in [-0.15, -0.1) is 17.0 Å². The Kier molecular flexibility index (Phi) is 9.98. The van der Waals surface area contributed by atoms with Crippen molar-refractivity contribution in [3.05, 3.63) is 69.7 Å². The van der Waals surface area contributed by atoms with Gasteiger partial charge in [0.15, 0.2) is 0 Å². The quantitative estimate of drug-likeness (QED) is 0.488. The smallest absolute Gasteiger partial charge is 0.358 e. The zero-order valence-corrected chi connectivity index (χ0v) is 18.2. The molecule has 5 nitrogen and oxygen atoms in total. The zero-order chi connectivity index (χ0) is 19.1.